The van der Waals surface area contributed by atoms with Crippen molar-refractivity contribution >= 4 is 23.1 Å². The number of hydrogen-bond donors (Lipinski definition) is 2. The lowest BCUT2D eigenvalue weighted by Crippen LogP contribution is -2.08. The second-order valence-electron chi connectivity index (χ2n) is 5.67. The third-order valence-electron chi connectivity index (χ3n) is 3.27. The zero-order chi connectivity index (χ0) is 18.5. The van der Waals surface area contributed by atoms with Crippen LogP contribution < -0.4 is 15.4 Å². The minimum absolute atomic E-state index is 0.00253. The Balaban J connectivity index is 1.83. The van der Waals surface area contributed by atoms with Crippen LogP contribution in [0.5, 0.6) is 5.75 Å². The van der Waals surface area contributed by atoms with Crippen LogP contribution in [0.15, 0.2) is 48.7 Å². The number of anilines is 4. The zero-order valence-corrected chi connectivity index (χ0v) is 14.2. The molecular formula is C18H17F2N5O. The molecule has 0 atom stereocenters. The number of nitrogens with one attached hydrogen (secondary N) is 2. The number of aromatic nitrogens is 3. The number of para-hydroxylation sites is 3. The summed E-state index contributed by atoms with van der Waals surface area (Å²) in [7, 11) is 0. The fourth-order valence-corrected chi connectivity index (χ4v) is 2.21. The molecule has 8 heteroatoms. The van der Waals surface area contributed by atoms with Crippen molar-refractivity contribution in [3.63, 3.8) is 0 Å². The van der Waals surface area contributed by atoms with Crippen molar-refractivity contribution in [2.24, 2.45) is 0 Å². The summed E-state index contributed by atoms with van der Waals surface area (Å²) in [5.74, 6) is -0.540. The van der Waals surface area contributed by atoms with Gasteiger partial charge in [0.05, 0.1) is 18.0 Å². The number of benzene rings is 2. The Hall–Kier alpha value is -3.29. The van der Waals surface area contributed by atoms with E-state index in [-0.39, 0.29) is 17.7 Å². The van der Waals surface area contributed by atoms with E-state index in [1.54, 1.807) is 0 Å². The van der Waals surface area contributed by atoms with Crippen LogP contribution in [0.25, 0.3) is 0 Å². The largest absolute Gasteiger partial charge is 0.489 e. The topological polar surface area (TPSA) is 72.0 Å². The first kappa shape index (κ1) is 17.5. The molecule has 0 aliphatic carbocycles. The van der Waals surface area contributed by atoms with E-state index in [2.05, 4.69) is 25.8 Å². The van der Waals surface area contributed by atoms with Gasteiger partial charge in [-0.1, -0.05) is 18.2 Å². The van der Waals surface area contributed by atoms with Crippen molar-refractivity contribution in [1.82, 2.24) is 15.2 Å². The van der Waals surface area contributed by atoms with Gasteiger partial charge in [-0.2, -0.15) is 10.1 Å². The van der Waals surface area contributed by atoms with Crippen LogP contribution in [0, 0.1) is 11.6 Å². The van der Waals surface area contributed by atoms with Gasteiger partial charge in [-0.25, -0.2) is 8.78 Å². The van der Waals surface area contributed by atoms with Crippen LogP contribution in [-0.4, -0.2) is 21.3 Å². The lowest BCUT2D eigenvalue weighted by Gasteiger charge is -2.15. The van der Waals surface area contributed by atoms with E-state index in [9.17, 15) is 8.78 Å². The molecule has 26 heavy (non-hydrogen) atoms. The predicted octanol–water partition coefficient (Wildman–Crippen LogP) is 4.42. The number of hydrogen-bond acceptors (Lipinski definition) is 6. The molecule has 3 rings (SSSR count). The van der Waals surface area contributed by atoms with Gasteiger partial charge in [-0.05, 0) is 38.1 Å². The Bertz CT molecular complexity index is 884. The van der Waals surface area contributed by atoms with Crippen molar-refractivity contribution in [2.75, 3.05) is 10.6 Å². The average molecular weight is 357 g/mol. The second-order valence-corrected chi connectivity index (χ2v) is 5.67. The molecule has 134 valence electrons. The third kappa shape index (κ3) is 4.21. The van der Waals surface area contributed by atoms with Gasteiger partial charge in [0.2, 0.25) is 5.95 Å². The standard InChI is InChI=1S/C18H17F2N5O/c1-11(2)26-15-9-4-3-8-14(15)22-16-10-21-25-18(23-16)24-17-12(19)6-5-7-13(17)20/h3-11H,1-2H3,(H2,22,23,24,25). The van der Waals surface area contributed by atoms with Crippen molar-refractivity contribution in [3.8, 4) is 5.75 Å². The quantitative estimate of drug-likeness (QED) is 0.680. The molecule has 0 radical (unpaired) electrons. The van der Waals surface area contributed by atoms with Gasteiger partial charge in [0.15, 0.2) is 5.82 Å². The van der Waals surface area contributed by atoms with Gasteiger partial charge in [0.1, 0.15) is 23.1 Å². The monoisotopic (exact) mass is 357 g/mol. The highest BCUT2D eigenvalue weighted by atomic mass is 19.1. The van der Waals surface area contributed by atoms with Crippen LogP contribution in [0.3, 0.4) is 0 Å². The van der Waals surface area contributed by atoms with Gasteiger partial charge in [-0.3, -0.25) is 0 Å². The summed E-state index contributed by atoms with van der Waals surface area (Å²) in [6.45, 7) is 3.85. The van der Waals surface area contributed by atoms with Crippen LogP contribution >= 0.6 is 0 Å². The molecule has 0 saturated heterocycles. The fraction of sp³-hybridized carbons (Fsp3) is 0.167. The third-order valence-corrected chi connectivity index (χ3v) is 3.27. The molecule has 3 aromatic rings. The van der Waals surface area contributed by atoms with Crippen molar-refractivity contribution in [2.45, 2.75) is 20.0 Å². The summed E-state index contributed by atoms with van der Waals surface area (Å²) >= 11 is 0. The molecule has 2 aromatic carbocycles. The van der Waals surface area contributed by atoms with E-state index in [1.807, 2.05) is 38.1 Å². The van der Waals surface area contributed by atoms with Crippen molar-refractivity contribution in [3.05, 3.63) is 60.3 Å². The molecule has 6 nitrogen and oxygen atoms in total. The van der Waals surface area contributed by atoms with Gasteiger partial charge < -0.3 is 15.4 Å². The highest BCUT2D eigenvalue weighted by Crippen LogP contribution is 2.28. The van der Waals surface area contributed by atoms with E-state index >= 15 is 0 Å². The number of halogens is 2. The lowest BCUT2D eigenvalue weighted by atomic mass is 10.3. The van der Waals surface area contributed by atoms with E-state index < -0.39 is 11.6 Å². The summed E-state index contributed by atoms with van der Waals surface area (Å²) in [6.07, 6.45) is 1.40. The van der Waals surface area contributed by atoms with Crippen LogP contribution in [-0.2, 0) is 0 Å². The Labute approximate surface area is 149 Å². The highest BCUT2D eigenvalue weighted by Gasteiger charge is 2.11. The second kappa shape index (κ2) is 7.73. The maximum Gasteiger partial charge on any atom is 0.249 e. The summed E-state index contributed by atoms with van der Waals surface area (Å²) in [5, 5.41) is 13.1. The van der Waals surface area contributed by atoms with Crippen LogP contribution in [0.4, 0.5) is 31.9 Å². The molecule has 0 saturated carbocycles. The summed E-state index contributed by atoms with van der Waals surface area (Å²) in [5.41, 5.74) is 0.347. The first-order valence-corrected chi connectivity index (χ1v) is 7.96. The van der Waals surface area contributed by atoms with Gasteiger partial charge >= 0.3 is 0 Å². The molecule has 0 spiro atoms. The van der Waals surface area contributed by atoms with Crippen LogP contribution in [0.1, 0.15) is 13.8 Å². The first-order valence-electron chi connectivity index (χ1n) is 7.96. The SMILES string of the molecule is CC(C)Oc1ccccc1Nc1cnnc(Nc2c(F)cccc2F)n1. The molecule has 0 fully saturated rings. The van der Waals surface area contributed by atoms with Gasteiger partial charge in [0, 0.05) is 0 Å². The molecular weight excluding hydrogens is 340 g/mol. The maximum atomic E-state index is 13.7. The Kier molecular flexibility index (Phi) is 5.21. The van der Waals surface area contributed by atoms with Crippen molar-refractivity contribution in [1.29, 1.82) is 0 Å². The Morgan fingerprint density at radius 1 is 0.962 bits per heavy atom. The predicted molar refractivity (Wildman–Crippen MR) is 95.0 cm³/mol. The van der Waals surface area contributed by atoms with Crippen LogP contribution in [0.2, 0.25) is 0 Å². The minimum atomic E-state index is -0.748. The molecule has 0 unspecified atom stereocenters. The van der Waals surface area contributed by atoms with Crippen molar-refractivity contribution < 1.29 is 13.5 Å². The minimum Gasteiger partial charge on any atom is -0.489 e. The summed E-state index contributed by atoms with van der Waals surface area (Å²) < 4.78 is 33.2. The molecule has 0 aliphatic rings. The highest BCUT2D eigenvalue weighted by molar-refractivity contribution is 5.64. The molecule has 1 heterocycles. The number of ether oxygens (including phenoxy) is 1. The first-order chi connectivity index (χ1) is 12.5. The van der Waals surface area contributed by atoms with E-state index in [1.165, 1.54) is 12.3 Å². The normalized spacial score (nSPS) is 10.7. The summed E-state index contributed by atoms with van der Waals surface area (Å²) in [4.78, 5) is 4.18. The van der Waals surface area contributed by atoms with Gasteiger partial charge in [-0.15, -0.1) is 5.10 Å². The smallest absolute Gasteiger partial charge is 0.249 e. The molecule has 0 amide bonds. The lowest BCUT2D eigenvalue weighted by molar-refractivity contribution is 0.244. The van der Waals surface area contributed by atoms with Gasteiger partial charge in [0.25, 0.3) is 0 Å². The molecule has 2 N–H and O–H groups in total. The average Bonchev–Trinajstić information content (AvgIpc) is 2.60. The fourth-order valence-electron chi connectivity index (χ4n) is 2.21. The van der Waals surface area contributed by atoms with E-state index in [4.69, 9.17) is 4.74 Å². The Morgan fingerprint density at radius 3 is 2.42 bits per heavy atom. The molecule has 0 aliphatic heterocycles. The maximum absolute atomic E-state index is 13.7. The summed E-state index contributed by atoms with van der Waals surface area (Å²) in [6, 6.07) is 10.9. The van der Waals surface area contributed by atoms with E-state index in [0.29, 0.717) is 17.3 Å². The molecule has 1 aromatic heterocycles. The number of nitrogens with zero attached hydrogens (tertiary/aromatic N) is 3. The number of rotatable bonds is 6. The Morgan fingerprint density at radius 2 is 1.69 bits per heavy atom. The zero-order valence-electron chi connectivity index (χ0n) is 14.2. The molecule has 0 bridgehead atoms. The van der Waals surface area contributed by atoms with E-state index in [0.717, 1.165) is 12.1 Å².